The summed E-state index contributed by atoms with van der Waals surface area (Å²) >= 11 is 0. The summed E-state index contributed by atoms with van der Waals surface area (Å²) in [6.45, 7) is 0. The van der Waals surface area contributed by atoms with Crippen LogP contribution in [-0.2, 0) is 0 Å². The Morgan fingerprint density at radius 3 is 0.444 bits per heavy atom. The standard InChI is InChI=1S/4CH4O.H2O/c4*1-2;/h4*2H,1H3;1H2. The number of aliphatic hydroxyl groups is 4. The van der Waals surface area contributed by atoms with Crippen molar-refractivity contribution in [1.29, 1.82) is 0 Å². The smallest absolute Gasteiger partial charge is 0.0319 e. The number of aliphatic hydroxyl groups excluding tert-OH is 4. The first kappa shape index (κ1) is 37.1. The SMILES string of the molecule is CO.CO.CO.CO.O. The Morgan fingerprint density at radius 2 is 0.444 bits per heavy atom. The summed E-state index contributed by atoms with van der Waals surface area (Å²) in [5, 5.41) is 28.0. The maximum atomic E-state index is 7.00. The zero-order valence-corrected chi connectivity index (χ0v) is 6.29. The molecule has 6 N–H and O–H groups in total. The van der Waals surface area contributed by atoms with E-state index in [9.17, 15) is 0 Å². The molecule has 0 radical (unpaired) electrons. The second-order valence-corrected chi connectivity index (χ2v) is 0. The van der Waals surface area contributed by atoms with Gasteiger partial charge in [-0.05, 0) is 0 Å². The van der Waals surface area contributed by atoms with Gasteiger partial charge in [-0.2, -0.15) is 0 Å². The molecular weight excluding hydrogens is 128 g/mol. The summed E-state index contributed by atoms with van der Waals surface area (Å²) in [6, 6.07) is 0. The highest BCUT2D eigenvalue weighted by atomic mass is 16.2. The average Bonchev–Trinajstić information content (AvgIpc) is 2.03. The van der Waals surface area contributed by atoms with E-state index in [-0.39, 0.29) is 5.48 Å². The van der Waals surface area contributed by atoms with Crippen LogP contribution >= 0.6 is 0 Å². The summed E-state index contributed by atoms with van der Waals surface area (Å²) in [4.78, 5) is 0. The lowest BCUT2D eigenvalue weighted by atomic mass is 11.8. The molecule has 0 unspecified atom stereocenters. The Balaban J connectivity index is -0.00000000762. The van der Waals surface area contributed by atoms with Crippen LogP contribution in [0.25, 0.3) is 0 Å². The van der Waals surface area contributed by atoms with E-state index in [1.165, 1.54) is 0 Å². The molecule has 0 rings (SSSR count). The van der Waals surface area contributed by atoms with Crippen molar-refractivity contribution in [3.8, 4) is 0 Å². The van der Waals surface area contributed by atoms with Crippen molar-refractivity contribution < 1.29 is 25.9 Å². The quantitative estimate of drug-likeness (QED) is 0.305. The molecule has 0 saturated heterocycles. The topological polar surface area (TPSA) is 112 Å². The fourth-order valence-corrected chi connectivity index (χ4v) is 0. The molecule has 5 nitrogen and oxygen atoms in total. The van der Waals surface area contributed by atoms with Crippen LogP contribution in [-0.4, -0.2) is 54.3 Å². The highest BCUT2D eigenvalue weighted by Gasteiger charge is 0.845. The van der Waals surface area contributed by atoms with E-state index in [0.717, 1.165) is 28.4 Å². The minimum absolute atomic E-state index is 0. The Hall–Kier alpha value is -0.200. The van der Waals surface area contributed by atoms with E-state index < -0.39 is 0 Å². The first-order valence-electron chi connectivity index (χ1n) is 1.79. The van der Waals surface area contributed by atoms with Gasteiger partial charge in [0, 0.05) is 28.4 Å². The molecule has 9 heavy (non-hydrogen) atoms. The predicted molar refractivity (Wildman–Crippen MR) is 36.2 cm³/mol. The lowest BCUT2D eigenvalue weighted by Gasteiger charge is -1.21. The normalized spacial score (nSPS) is 2.67. The van der Waals surface area contributed by atoms with Gasteiger partial charge in [0.15, 0.2) is 0 Å². The first-order chi connectivity index (χ1) is 4.00. The van der Waals surface area contributed by atoms with Crippen LogP contribution in [0.4, 0.5) is 0 Å². The molecule has 64 valence electrons. The van der Waals surface area contributed by atoms with Gasteiger partial charge in [-0.3, -0.25) is 0 Å². The van der Waals surface area contributed by atoms with Crippen molar-refractivity contribution in [3.63, 3.8) is 0 Å². The Kier molecular flexibility index (Phi) is 37100. The molecule has 0 atom stereocenters. The highest BCUT2D eigenvalue weighted by Crippen LogP contribution is 0.761. The summed E-state index contributed by atoms with van der Waals surface area (Å²) < 4.78 is 0. The molecule has 0 spiro atoms. The summed E-state index contributed by atoms with van der Waals surface area (Å²) in [5.74, 6) is 0. The van der Waals surface area contributed by atoms with Crippen molar-refractivity contribution in [2.75, 3.05) is 28.4 Å². The van der Waals surface area contributed by atoms with Gasteiger partial charge < -0.3 is 25.9 Å². The van der Waals surface area contributed by atoms with Gasteiger partial charge in [0.1, 0.15) is 0 Å². The van der Waals surface area contributed by atoms with Crippen LogP contribution < -0.4 is 0 Å². The summed E-state index contributed by atoms with van der Waals surface area (Å²) in [6.07, 6.45) is 0. The number of hydrogen-bond donors (Lipinski definition) is 4. The highest BCUT2D eigenvalue weighted by molar-refractivity contribution is 3.18. The van der Waals surface area contributed by atoms with Crippen molar-refractivity contribution >= 4 is 0 Å². The Bertz CT molecular complexity index is 8.92. The Labute approximate surface area is 55.5 Å². The zero-order chi connectivity index (χ0) is 8.00. The molecule has 0 amide bonds. The van der Waals surface area contributed by atoms with Gasteiger partial charge in [0.25, 0.3) is 0 Å². The second kappa shape index (κ2) is 9020. The van der Waals surface area contributed by atoms with Crippen LogP contribution in [0.1, 0.15) is 0 Å². The molecule has 0 heterocycles. The third-order valence-electron chi connectivity index (χ3n) is 0. The van der Waals surface area contributed by atoms with Crippen LogP contribution in [0.3, 0.4) is 0 Å². The van der Waals surface area contributed by atoms with E-state index in [0.29, 0.717) is 0 Å². The lowest BCUT2D eigenvalue weighted by molar-refractivity contribution is 0.399. The van der Waals surface area contributed by atoms with Crippen LogP contribution in [0.15, 0.2) is 0 Å². The number of rotatable bonds is 0. The first-order valence-corrected chi connectivity index (χ1v) is 1.79. The average molecular weight is 146 g/mol. The fraction of sp³-hybridized carbons (Fsp3) is 1.00. The van der Waals surface area contributed by atoms with Gasteiger partial charge in [-0.1, -0.05) is 0 Å². The monoisotopic (exact) mass is 146 g/mol. The minimum atomic E-state index is 0. The van der Waals surface area contributed by atoms with Crippen LogP contribution in [0.5, 0.6) is 0 Å². The fourth-order valence-electron chi connectivity index (χ4n) is 0. The predicted octanol–water partition coefficient (Wildman–Crippen LogP) is -2.39. The largest absolute Gasteiger partial charge is 0.412 e. The molecule has 0 aliphatic carbocycles. The molecule has 5 heteroatoms. The Morgan fingerprint density at radius 1 is 0.444 bits per heavy atom. The lowest BCUT2D eigenvalue weighted by Crippen LogP contribution is -1.25. The maximum Gasteiger partial charge on any atom is 0.0319 e. The molecule has 0 bridgehead atoms. The van der Waals surface area contributed by atoms with Gasteiger partial charge in [-0.25, -0.2) is 0 Å². The number of hydrogen-bond acceptors (Lipinski definition) is 4. The van der Waals surface area contributed by atoms with Crippen LogP contribution in [0, 0.1) is 0 Å². The van der Waals surface area contributed by atoms with Gasteiger partial charge >= 0.3 is 0 Å². The third kappa shape index (κ3) is 6560. The summed E-state index contributed by atoms with van der Waals surface area (Å²) in [7, 11) is 4.00. The van der Waals surface area contributed by atoms with Gasteiger partial charge in [0.2, 0.25) is 0 Å². The second-order valence-electron chi connectivity index (χ2n) is 0. The zero-order valence-electron chi connectivity index (χ0n) is 6.29. The van der Waals surface area contributed by atoms with Crippen LogP contribution in [0.2, 0.25) is 0 Å². The van der Waals surface area contributed by atoms with E-state index in [2.05, 4.69) is 0 Å². The van der Waals surface area contributed by atoms with E-state index in [4.69, 9.17) is 20.4 Å². The molecule has 0 aromatic heterocycles. The van der Waals surface area contributed by atoms with Crippen molar-refractivity contribution in [2.45, 2.75) is 0 Å². The molecular formula is C4H18O5. The minimum Gasteiger partial charge on any atom is -0.412 e. The summed E-state index contributed by atoms with van der Waals surface area (Å²) in [5.41, 5.74) is 0. The van der Waals surface area contributed by atoms with E-state index in [1.54, 1.807) is 0 Å². The molecule has 0 aliphatic rings. The third-order valence-corrected chi connectivity index (χ3v) is 0. The molecule has 0 aliphatic heterocycles. The van der Waals surface area contributed by atoms with Gasteiger partial charge in [-0.15, -0.1) is 0 Å². The van der Waals surface area contributed by atoms with Crippen molar-refractivity contribution in [3.05, 3.63) is 0 Å². The molecule has 0 saturated carbocycles. The van der Waals surface area contributed by atoms with Crippen molar-refractivity contribution in [1.82, 2.24) is 0 Å². The van der Waals surface area contributed by atoms with Gasteiger partial charge in [0.05, 0.1) is 0 Å². The van der Waals surface area contributed by atoms with E-state index >= 15 is 0 Å². The molecule has 0 fully saturated rings. The maximum absolute atomic E-state index is 7.00. The molecule has 0 aromatic carbocycles. The van der Waals surface area contributed by atoms with Crippen molar-refractivity contribution in [2.24, 2.45) is 0 Å². The molecule has 0 aromatic rings. The van der Waals surface area contributed by atoms with E-state index in [1.807, 2.05) is 0 Å².